The van der Waals surface area contributed by atoms with Gasteiger partial charge in [0.1, 0.15) is 0 Å². The molecule has 0 spiro atoms. The molecule has 0 aliphatic heterocycles. The van der Waals surface area contributed by atoms with Gasteiger partial charge < -0.3 is 5.32 Å². The Labute approximate surface area is 173 Å². The molecule has 2 aromatic heterocycles. The van der Waals surface area contributed by atoms with Gasteiger partial charge in [-0.25, -0.2) is 9.50 Å². The number of fused-ring (bicyclic) bond motifs is 1. The Morgan fingerprint density at radius 1 is 1.39 bits per heavy atom. The highest BCUT2D eigenvalue weighted by Crippen LogP contribution is 2.38. The molecule has 1 fully saturated rings. The molecule has 0 aromatic carbocycles. The highest BCUT2D eigenvalue weighted by molar-refractivity contribution is 9.10. The maximum absolute atomic E-state index is 12.5. The third kappa shape index (κ3) is 5.13. The SMILES string of the molecule is [B]C([B])(C)CCc1nn2c(C(=C)NC3CC(CC(F)(F)F)C3)ccnc2c1Br. The number of alkyl halides is 3. The lowest BCUT2D eigenvalue weighted by atomic mass is 9.54. The van der Waals surface area contributed by atoms with Crippen molar-refractivity contribution in [3.63, 3.8) is 0 Å². The van der Waals surface area contributed by atoms with Crippen molar-refractivity contribution in [3.8, 4) is 0 Å². The summed E-state index contributed by atoms with van der Waals surface area (Å²) >= 11 is 3.53. The molecule has 0 saturated heterocycles. The number of hydrogen-bond acceptors (Lipinski definition) is 3. The summed E-state index contributed by atoms with van der Waals surface area (Å²) in [6.07, 6.45) is -1.10. The molecule has 1 saturated carbocycles. The van der Waals surface area contributed by atoms with Crippen LogP contribution in [0.1, 0.15) is 44.0 Å². The summed E-state index contributed by atoms with van der Waals surface area (Å²) < 4.78 is 39.8. The summed E-state index contributed by atoms with van der Waals surface area (Å²) in [6, 6.07) is 1.75. The Balaban J connectivity index is 1.70. The molecule has 2 heterocycles. The minimum Gasteiger partial charge on any atom is -0.381 e. The van der Waals surface area contributed by atoms with Crippen molar-refractivity contribution >= 4 is 43.0 Å². The average molecular weight is 451 g/mol. The number of hydrogen-bond donors (Lipinski definition) is 1. The summed E-state index contributed by atoms with van der Waals surface area (Å²) in [4.78, 5) is 4.35. The summed E-state index contributed by atoms with van der Waals surface area (Å²) in [5, 5.41) is 7.02. The van der Waals surface area contributed by atoms with Crippen LogP contribution in [-0.2, 0) is 6.42 Å². The monoisotopic (exact) mass is 450 g/mol. The van der Waals surface area contributed by atoms with Gasteiger partial charge in [-0.1, -0.05) is 19.9 Å². The lowest BCUT2D eigenvalue weighted by molar-refractivity contribution is -0.151. The summed E-state index contributed by atoms with van der Waals surface area (Å²) in [6.45, 7) is 5.79. The fraction of sp³-hybridized carbons (Fsp3) is 0.556. The molecule has 146 valence electrons. The van der Waals surface area contributed by atoms with Gasteiger partial charge in [0.05, 0.1) is 37.3 Å². The topological polar surface area (TPSA) is 42.2 Å². The van der Waals surface area contributed by atoms with E-state index >= 15 is 0 Å². The molecular weight excluding hydrogens is 431 g/mol. The highest BCUT2D eigenvalue weighted by atomic mass is 79.9. The molecule has 4 nitrogen and oxygen atoms in total. The van der Waals surface area contributed by atoms with E-state index in [4.69, 9.17) is 15.7 Å². The highest BCUT2D eigenvalue weighted by Gasteiger charge is 2.39. The lowest BCUT2D eigenvalue weighted by Crippen LogP contribution is -2.41. The maximum atomic E-state index is 12.5. The van der Waals surface area contributed by atoms with E-state index in [0.717, 1.165) is 10.2 Å². The summed E-state index contributed by atoms with van der Waals surface area (Å²) in [5.41, 5.74) is 2.73. The van der Waals surface area contributed by atoms with Gasteiger partial charge in [0.2, 0.25) is 0 Å². The quantitative estimate of drug-likeness (QED) is 0.643. The molecule has 28 heavy (non-hydrogen) atoms. The van der Waals surface area contributed by atoms with Gasteiger partial charge in [-0.15, -0.1) is 5.21 Å². The van der Waals surface area contributed by atoms with Crippen molar-refractivity contribution in [3.05, 3.63) is 34.7 Å². The predicted octanol–water partition coefficient (Wildman–Crippen LogP) is 4.19. The third-order valence-electron chi connectivity index (χ3n) is 4.87. The van der Waals surface area contributed by atoms with E-state index in [1.54, 1.807) is 23.7 Å². The van der Waals surface area contributed by atoms with E-state index in [-0.39, 0.29) is 12.0 Å². The molecule has 2 aromatic rings. The maximum Gasteiger partial charge on any atom is 0.389 e. The van der Waals surface area contributed by atoms with E-state index in [1.165, 1.54) is 0 Å². The normalized spacial score (nSPS) is 20.2. The van der Waals surface area contributed by atoms with Crippen molar-refractivity contribution in [1.82, 2.24) is 19.9 Å². The molecule has 0 atom stereocenters. The first kappa shape index (κ1) is 21.3. The van der Waals surface area contributed by atoms with Gasteiger partial charge in [0.25, 0.3) is 0 Å². The molecule has 1 N–H and O–H groups in total. The van der Waals surface area contributed by atoms with Gasteiger partial charge in [0, 0.05) is 18.7 Å². The molecular formula is C18H20B2BrF3N4. The van der Waals surface area contributed by atoms with Gasteiger partial charge in [0.15, 0.2) is 5.65 Å². The van der Waals surface area contributed by atoms with E-state index in [1.807, 2.05) is 0 Å². The van der Waals surface area contributed by atoms with Crippen LogP contribution in [0.2, 0.25) is 5.21 Å². The van der Waals surface area contributed by atoms with E-state index < -0.39 is 17.8 Å². The second-order valence-electron chi connectivity index (χ2n) is 7.81. The van der Waals surface area contributed by atoms with Crippen LogP contribution < -0.4 is 5.32 Å². The molecule has 0 amide bonds. The fourth-order valence-electron chi connectivity index (χ4n) is 3.41. The van der Waals surface area contributed by atoms with Crippen LogP contribution in [0.3, 0.4) is 0 Å². The molecule has 3 rings (SSSR count). The molecule has 1 aliphatic carbocycles. The molecule has 0 unspecified atom stereocenters. The number of rotatable bonds is 7. The Kier molecular flexibility index (Phi) is 5.90. The fourth-order valence-corrected chi connectivity index (χ4v) is 3.95. The minimum absolute atomic E-state index is 0.0169. The third-order valence-corrected chi connectivity index (χ3v) is 5.68. The van der Waals surface area contributed by atoms with Crippen molar-refractivity contribution in [2.75, 3.05) is 0 Å². The summed E-state index contributed by atoms with van der Waals surface area (Å²) in [5.74, 6) is -0.324. The number of nitrogens with one attached hydrogen (secondary N) is 1. The van der Waals surface area contributed by atoms with Crippen molar-refractivity contribution in [2.24, 2.45) is 5.92 Å². The van der Waals surface area contributed by atoms with Gasteiger partial charge in [-0.3, -0.25) is 0 Å². The Hall–Kier alpha value is -1.44. The van der Waals surface area contributed by atoms with Crippen molar-refractivity contribution < 1.29 is 13.2 Å². The first-order valence-corrected chi connectivity index (χ1v) is 9.85. The van der Waals surface area contributed by atoms with Crippen molar-refractivity contribution in [2.45, 2.75) is 56.5 Å². The first-order chi connectivity index (χ1) is 12.9. The van der Waals surface area contributed by atoms with Gasteiger partial charge in [-0.05, 0) is 47.2 Å². The summed E-state index contributed by atoms with van der Waals surface area (Å²) in [7, 11) is 11.7. The lowest BCUT2D eigenvalue weighted by Gasteiger charge is -2.37. The predicted molar refractivity (Wildman–Crippen MR) is 108 cm³/mol. The molecule has 1 aliphatic rings. The number of aryl methyl sites for hydroxylation is 1. The van der Waals surface area contributed by atoms with Crippen molar-refractivity contribution in [1.29, 1.82) is 0 Å². The van der Waals surface area contributed by atoms with Crippen LogP contribution in [0, 0.1) is 5.92 Å². The zero-order chi connectivity index (χ0) is 20.7. The van der Waals surface area contributed by atoms with Crippen LogP contribution >= 0.6 is 15.9 Å². The zero-order valence-corrected chi connectivity index (χ0v) is 17.1. The second-order valence-corrected chi connectivity index (χ2v) is 8.60. The van der Waals surface area contributed by atoms with Gasteiger partial charge in [-0.2, -0.15) is 18.3 Å². The first-order valence-electron chi connectivity index (χ1n) is 9.05. The smallest absolute Gasteiger partial charge is 0.381 e. The molecule has 10 heteroatoms. The zero-order valence-electron chi connectivity index (χ0n) is 15.6. The Bertz CT molecular complexity index is 870. The van der Waals surface area contributed by atoms with E-state index in [2.05, 4.69) is 37.9 Å². The average Bonchev–Trinajstić information content (AvgIpc) is 2.85. The van der Waals surface area contributed by atoms with Crippen LogP contribution in [0.5, 0.6) is 0 Å². The van der Waals surface area contributed by atoms with Crippen LogP contribution in [0.15, 0.2) is 23.3 Å². The van der Waals surface area contributed by atoms with Crippen LogP contribution in [0.4, 0.5) is 13.2 Å². The minimum atomic E-state index is -4.11. The van der Waals surface area contributed by atoms with Gasteiger partial charge >= 0.3 is 6.18 Å². The van der Waals surface area contributed by atoms with E-state index in [9.17, 15) is 13.2 Å². The largest absolute Gasteiger partial charge is 0.389 e. The standard InChI is InChI=1S/C18H20B2BrF3N4/c1-10(26-12-7-11(8-12)9-18(22,23)24)14-4-6-25-16-15(21)13(27-28(14)16)3-5-17(2,19)20/h4,6,11-12,26H,1,3,5,7-9H2,2H3. The van der Waals surface area contributed by atoms with E-state index in [0.29, 0.717) is 42.7 Å². The number of nitrogens with zero attached hydrogens (tertiary/aromatic N) is 3. The number of halogens is 4. The Morgan fingerprint density at radius 2 is 2.07 bits per heavy atom. The molecule has 0 bridgehead atoms. The second kappa shape index (κ2) is 7.76. The van der Waals surface area contributed by atoms with Crippen LogP contribution in [-0.4, -0.2) is 42.5 Å². The Morgan fingerprint density at radius 3 is 2.68 bits per heavy atom. The molecule has 4 radical (unpaired) electrons. The number of aromatic nitrogens is 3. The van der Waals surface area contributed by atoms with Crippen LogP contribution in [0.25, 0.3) is 11.3 Å².